The number of hydrogen-bond donors (Lipinski definition) is 2. The first kappa shape index (κ1) is 18.4. The van der Waals surface area contributed by atoms with Crippen LogP contribution >= 0.6 is 11.6 Å². The van der Waals surface area contributed by atoms with Crippen molar-refractivity contribution >= 4 is 35.1 Å². The second-order valence-corrected chi connectivity index (χ2v) is 6.57. The van der Waals surface area contributed by atoms with E-state index in [1.54, 1.807) is 49.4 Å². The standard InChI is InChI=1S/C19H15ClN4O3/c1-19(14-7-2-3-8-15(14)20)17(26)24(18(27)23-19)11-16(25)22-13-6-4-5-12(9-13)10-21/h2-9H,11H2,1H3,(H,22,25)(H,23,27)/t19-/m0/s1. The molecule has 8 heteroatoms. The third-order valence-corrected chi connectivity index (χ3v) is 4.59. The van der Waals surface area contributed by atoms with Crippen LogP contribution in [0.2, 0.25) is 5.02 Å². The van der Waals surface area contributed by atoms with Crippen LogP contribution < -0.4 is 10.6 Å². The summed E-state index contributed by atoms with van der Waals surface area (Å²) in [4.78, 5) is 38.3. The maximum atomic E-state index is 12.8. The molecule has 136 valence electrons. The summed E-state index contributed by atoms with van der Waals surface area (Å²) < 4.78 is 0. The Bertz CT molecular complexity index is 985. The molecule has 4 amide bonds. The van der Waals surface area contributed by atoms with E-state index in [2.05, 4.69) is 10.6 Å². The lowest BCUT2D eigenvalue weighted by Crippen LogP contribution is -2.42. The van der Waals surface area contributed by atoms with Gasteiger partial charge in [0.1, 0.15) is 12.1 Å². The molecule has 2 aromatic rings. The summed E-state index contributed by atoms with van der Waals surface area (Å²) in [6, 6.07) is 14.3. The predicted molar refractivity (Wildman–Crippen MR) is 98.8 cm³/mol. The molecule has 1 aliphatic heterocycles. The number of rotatable bonds is 4. The number of carbonyl (C=O) groups is 3. The molecule has 2 N–H and O–H groups in total. The van der Waals surface area contributed by atoms with Crippen LogP contribution in [0.15, 0.2) is 48.5 Å². The minimum absolute atomic E-state index is 0.341. The largest absolute Gasteiger partial charge is 0.325 e. The molecule has 2 aromatic carbocycles. The Morgan fingerprint density at radius 1 is 1.26 bits per heavy atom. The maximum absolute atomic E-state index is 12.8. The van der Waals surface area contributed by atoms with Gasteiger partial charge in [-0.3, -0.25) is 14.5 Å². The lowest BCUT2D eigenvalue weighted by molar-refractivity contribution is -0.133. The molecular formula is C19H15ClN4O3. The number of nitrogens with one attached hydrogen (secondary N) is 2. The fraction of sp³-hybridized carbons (Fsp3) is 0.158. The Kier molecular flexibility index (Phi) is 4.84. The molecule has 1 atom stereocenters. The molecule has 0 unspecified atom stereocenters. The molecule has 0 aromatic heterocycles. The van der Waals surface area contributed by atoms with Crippen molar-refractivity contribution in [2.45, 2.75) is 12.5 Å². The van der Waals surface area contributed by atoms with Crippen molar-refractivity contribution in [3.05, 3.63) is 64.7 Å². The number of anilines is 1. The van der Waals surface area contributed by atoms with Crippen LogP contribution in [0.4, 0.5) is 10.5 Å². The summed E-state index contributed by atoms with van der Waals surface area (Å²) in [5.74, 6) is -1.13. The molecule has 0 aliphatic carbocycles. The number of nitriles is 1. The van der Waals surface area contributed by atoms with E-state index in [0.717, 1.165) is 4.90 Å². The van der Waals surface area contributed by atoms with Gasteiger partial charge in [0, 0.05) is 16.3 Å². The van der Waals surface area contributed by atoms with Crippen LogP contribution in [0.3, 0.4) is 0 Å². The zero-order chi connectivity index (χ0) is 19.6. The van der Waals surface area contributed by atoms with Crippen molar-refractivity contribution in [1.82, 2.24) is 10.2 Å². The summed E-state index contributed by atoms with van der Waals surface area (Å²) in [6.07, 6.45) is 0. The van der Waals surface area contributed by atoms with Gasteiger partial charge in [0.25, 0.3) is 5.91 Å². The highest BCUT2D eigenvalue weighted by Crippen LogP contribution is 2.33. The van der Waals surface area contributed by atoms with Crippen molar-refractivity contribution in [3.63, 3.8) is 0 Å². The van der Waals surface area contributed by atoms with E-state index in [1.165, 1.54) is 6.07 Å². The van der Waals surface area contributed by atoms with Crippen molar-refractivity contribution in [2.75, 3.05) is 11.9 Å². The van der Waals surface area contributed by atoms with Gasteiger partial charge in [-0.1, -0.05) is 35.9 Å². The van der Waals surface area contributed by atoms with Crippen LogP contribution in [0.25, 0.3) is 0 Å². The number of amides is 4. The van der Waals surface area contributed by atoms with E-state index in [0.29, 0.717) is 21.8 Å². The number of urea groups is 1. The number of nitrogens with zero attached hydrogens (tertiary/aromatic N) is 2. The fourth-order valence-electron chi connectivity index (χ4n) is 2.90. The molecule has 0 radical (unpaired) electrons. The second-order valence-electron chi connectivity index (χ2n) is 6.17. The van der Waals surface area contributed by atoms with Crippen molar-refractivity contribution < 1.29 is 14.4 Å². The quantitative estimate of drug-likeness (QED) is 0.793. The summed E-state index contributed by atoms with van der Waals surface area (Å²) in [5.41, 5.74) is -0.111. The lowest BCUT2D eigenvalue weighted by Gasteiger charge is -2.23. The second kappa shape index (κ2) is 7.09. The molecule has 7 nitrogen and oxygen atoms in total. The van der Waals surface area contributed by atoms with Crippen LogP contribution in [0, 0.1) is 11.3 Å². The summed E-state index contributed by atoms with van der Waals surface area (Å²) in [6.45, 7) is 1.09. The van der Waals surface area contributed by atoms with Gasteiger partial charge in [-0.2, -0.15) is 5.26 Å². The smallest absolute Gasteiger partial charge is 0.324 e. The molecule has 27 heavy (non-hydrogen) atoms. The first-order valence-corrected chi connectivity index (χ1v) is 8.42. The molecule has 1 aliphatic rings. The number of hydrogen-bond acceptors (Lipinski definition) is 4. The van der Waals surface area contributed by atoms with Crippen LogP contribution in [0.5, 0.6) is 0 Å². The normalized spacial score (nSPS) is 18.8. The Morgan fingerprint density at radius 2 is 2.00 bits per heavy atom. The van der Waals surface area contributed by atoms with Crippen LogP contribution in [-0.2, 0) is 15.1 Å². The van der Waals surface area contributed by atoms with Crippen molar-refractivity contribution in [1.29, 1.82) is 5.26 Å². The third kappa shape index (κ3) is 3.48. The molecule has 0 spiro atoms. The van der Waals surface area contributed by atoms with E-state index in [9.17, 15) is 14.4 Å². The Hall–Kier alpha value is -3.37. The van der Waals surface area contributed by atoms with E-state index < -0.39 is 29.9 Å². The highest BCUT2D eigenvalue weighted by molar-refractivity contribution is 6.32. The van der Waals surface area contributed by atoms with Crippen molar-refractivity contribution in [2.24, 2.45) is 0 Å². The van der Waals surface area contributed by atoms with Gasteiger partial charge in [0.15, 0.2) is 0 Å². The van der Waals surface area contributed by atoms with Gasteiger partial charge in [-0.05, 0) is 31.2 Å². The predicted octanol–water partition coefficient (Wildman–Crippen LogP) is 2.62. The van der Waals surface area contributed by atoms with Gasteiger partial charge in [0.2, 0.25) is 5.91 Å². The molecule has 1 saturated heterocycles. The van der Waals surface area contributed by atoms with Gasteiger partial charge in [-0.15, -0.1) is 0 Å². The average molecular weight is 383 g/mol. The molecular weight excluding hydrogens is 368 g/mol. The molecule has 1 heterocycles. The molecule has 0 bridgehead atoms. The summed E-state index contributed by atoms with van der Waals surface area (Å²) in [5, 5.41) is 14.4. The average Bonchev–Trinajstić information content (AvgIpc) is 2.86. The Balaban J connectivity index is 1.77. The Labute approximate surface area is 160 Å². The minimum atomic E-state index is -1.35. The molecule has 1 fully saturated rings. The van der Waals surface area contributed by atoms with Gasteiger partial charge in [-0.25, -0.2) is 4.79 Å². The Morgan fingerprint density at radius 3 is 2.70 bits per heavy atom. The van der Waals surface area contributed by atoms with Crippen LogP contribution in [-0.4, -0.2) is 29.3 Å². The van der Waals surface area contributed by atoms with E-state index in [-0.39, 0.29) is 0 Å². The molecule has 0 saturated carbocycles. The number of benzene rings is 2. The summed E-state index contributed by atoms with van der Waals surface area (Å²) >= 11 is 6.17. The highest BCUT2D eigenvalue weighted by Gasteiger charge is 2.50. The van der Waals surface area contributed by atoms with E-state index in [1.807, 2.05) is 6.07 Å². The lowest BCUT2D eigenvalue weighted by atomic mass is 9.92. The van der Waals surface area contributed by atoms with Crippen molar-refractivity contribution in [3.8, 4) is 6.07 Å². The first-order valence-electron chi connectivity index (χ1n) is 8.04. The number of carbonyl (C=O) groups excluding carboxylic acids is 3. The SMILES string of the molecule is C[C@@]1(c2ccccc2Cl)NC(=O)N(CC(=O)Nc2cccc(C#N)c2)C1=O. The topological polar surface area (TPSA) is 102 Å². The van der Waals surface area contributed by atoms with E-state index in [4.69, 9.17) is 16.9 Å². The third-order valence-electron chi connectivity index (χ3n) is 4.26. The number of halogens is 1. The van der Waals surface area contributed by atoms with Crippen LogP contribution in [0.1, 0.15) is 18.1 Å². The summed E-state index contributed by atoms with van der Waals surface area (Å²) in [7, 11) is 0. The van der Waals surface area contributed by atoms with Gasteiger partial charge >= 0.3 is 6.03 Å². The molecule has 3 rings (SSSR count). The fourth-order valence-corrected chi connectivity index (χ4v) is 3.23. The zero-order valence-corrected chi connectivity index (χ0v) is 15.1. The van der Waals surface area contributed by atoms with Gasteiger partial charge in [0.05, 0.1) is 11.6 Å². The minimum Gasteiger partial charge on any atom is -0.324 e. The van der Waals surface area contributed by atoms with Gasteiger partial charge < -0.3 is 10.6 Å². The monoisotopic (exact) mass is 382 g/mol. The maximum Gasteiger partial charge on any atom is 0.325 e. The first-order chi connectivity index (χ1) is 12.8. The number of imide groups is 1. The van der Waals surface area contributed by atoms with E-state index >= 15 is 0 Å². The zero-order valence-electron chi connectivity index (χ0n) is 14.3. The highest BCUT2D eigenvalue weighted by atomic mass is 35.5.